The van der Waals surface area contributed by atoms with Gasteiger partial charge in [-0.3, -0.25) is 9.78 Å². The summed E-state index contributed by atoms with van der Waals surface area (Å²) >= 11 is 1.69. The number of morpholine rings is 1. The molecule has 0 saturated carbocycles. The minimum absolute atomic E-state index is 0.163. The van der Waals surface area contributed by atoms with Gasteiger partial charge in [-0.1, -0.05) is 0 Å². The number of anilines is 1. The Morgan fingerprint density at radius 3 is 2.84 bits per heavy atom. The molecule has 3 heterocycles. The molecule has 0 aliphatic carbocycles. The van der Waals surface area contributed by atoms with Crippen molar-refractivity contribution in [3.8, 4) is 0 Å². The summed E-state index contributed by atoms with van der Waals surface area (Å²) in [5, 5.41) is 0. The van der Waals surface area contributed by atoms with Crippen LogP contribution in [0.4, 0.5) is 5.69 Å². The van der Waals surface area contributed by atoms with Crippen molar-refractivity contribution in [1.82, 2.24) is 9.88 Å². The van der Waals surface area contributed by atoms with Crippen LogP contribution in [0.1, 0.15) is 27.2 Å². The number of carbonyl (C=O) groups excluding carboxylic acids is 1. The van der Waals surface area contributed by atoms with Gasteiger partial charge in [-0.25, -0.2) is 0 Å². The molecule has 25 heavy (non-hydrogen) atoms. The molecule has 1 aliphatic heterocycles. The number of nitrogens with zero attached hydrogens (tertiary/aromatic N) is 3. The predicted octanol–water partition coefficient (Wildman–Crippen LogP) is 2.97. The van der Waals surface area contributed by atoms with Crippen LogP contribution >= 0.6 is 11.3 Å². The highest BCUT2D eigenvalue weighted by Crippen LogP contribution is 2.25. The summed E-state index contributed by atoms with van der Waals surface area (Å²) in [4.78, 5) is 23.6. The number of ether oxygens (including phenoxy) is 1. The fraction of sp³-hybridized carbons (Fsp3) is 0.474. The van der Waals surface area contributed by atoms with Crippen molar-refractivity contribution in [3.63, 3.8) is 0 Å². The van der Waals surface area contributed by atoms with Crippen molar-refractivity contribution in [3.05, 3.63) is 45.4 Å². The van der Waals surface area contributed by atoms with E-state index in [0.717, 1.165) is 22.0 Å². The van der Waals surface area contributed by atoms with E-state index in [2.05, 4.69) is 22.9 Å². The van der Waals surface area contributed by atoms with Gasteiger partial charge in [0.25, 0.3) is 0 Å². The Kier molecular flexibility index (Phi) is 5.39. The van der Waals surface area contributed by atoms with E-state index in [1.54, 1.807) is 11.3 Å². The minimum Gasteiger partial charge on any atom is -0.378 e. The highest BCUT2D eigenvalue weighted by Gasteiger charge is 2.27. The molecule has 2 aromatic heterocycles. The average Bonchev–Trinajstić information content (AvgIpc) is 2.99. The Morgan fingerprint density at radius 2 is 2.16 bits per heavy atom. The van der Waals surface area contributed by atoms with Gasteiger partial charge >= 0.3 is 0 Å². The third-order valence-electron chi connectivity index (χ3n) is 4.34. The summed E-state index contributed by atoms with van der Waals surface area (Å²) in [6.45, 7) is 5.81. The molecule has 1 fully saturated rings. The van der Waals surface area contributed by atoms with E-state index in [9.17, 15) is 4.79 Å². The first-order chi connectivity index (χ1) is 11.9. The lowest BCUT2D eigenvalue weighted by Crippen LogP contribution is -2.43. The lowest BCUT2D eigenvalue weighted by atomic mass is 10.1. The Morgan fingerprint density at radius 1 is 1.36 bits per heavy atom. The molecular formula is C19H25N3O2S. The van der Waals surface area contributed by atoms with E-state index >= 15 is 0 Å². The van der Waals surface area contributed by atoms with E-state index in [4.69, 9.17) is 4.74 Å². The van der Waals surface area contributed by atoms with Gasteiger partial charge in [0.1, 0.15) is 6.10 Å². The van der Waals surface area contributed by atoms with Crippen LogP contribution in [-0.2, 0) is 16.0 Å². The Hall–Kier alpha value is -1.92. The van der Waals surface area contributed by atoms with Gasteiger partial charge in [0.05, 0.1) is 25.3 Å². The van der Waals surface area contributed by atoms with Crippen LogP contribution in [-0.4, -0.2) is 49.6 Å². The maximum atomic E-state index is 12.6. The summed E-state index contributed by atoms with van der Waals surface area (Å²) in [7, 11) is 4.03. The van der Waals surface area contributed by atoms with E-state index < -0.39 is 0 Å². The SMILES string of the molecule is Cc1cc(N(C)C)cc([C@H]2CN(C(=O)Cc3ccc(C)s3)CCO2)n1. The summed E-state index contributed by atoms with van der Waals surface area (Å²) in [6.07, 6.45) is 0.302. The second-order valence-corrected chi connectivity index (χ2v) is 8.05. The molecule has 0 radical (unpaired) electrons. The molecule has 3 rings (SSSR count). The van der Waals surface area contributed by atoms with Crippen molar-refractivity contribution in [2.24, 2.45) is 0 Å². The molecule has 0 aromatic carbocycles. The van der Waals surface area contributed by atoms with Crippen molar-refractivity contribution in [2.75, 3.05) is 38.7 Å². The molecule has 1 saturated heterocycles. The average molecular weight is 359 g/mol. The Labute approximate surface area is 153 Å². The van der Waals surface area contributed by atoms with Crippen LogP contribution in [0, 0.1) is 13.8 Å². The second kappa shape index (κ2) is 7.54. The zero-order valence-corrected chi connectivity index (χ0v) is 16.1. The fourth-order valence-corrected chi connectivity index (χ4v) is 3.88. The quantitative estimate of drug-likeness (QED) is 0.842. The van der Waals surface area contributed by atoms with Crippen LogP contribution in [0.15, 0.2) is 24.3 Å². The molecule has 0 bridgehead atoms. The largest absolute Gasteiger partial charge is 0.378 e. The number of carbonyl (C=O) groups is 1. The van der Waals surface area contributed by atoms with Gasteiger partial charge in [-0.2, -0.15) is 0 Å². The topological polar surface area (TPSA) is 45.7 Å². The molecule has 0 spiro atoms. The molecule has 2 aromatic rings. The van der Waals surface area contributed by atoms with E-state index in [1.165, 1.54) is 4.88 Å². The van der Waals surface area contributed by atoms with Gasteiger partial charge in [-0.15, -0.1) is 11.3 Å². The number of aromatic nitrogens is 1. The van der Waals surface area contributed by atoms with E-state index in [-0.39, 0.29) is 12.0 Å². The standard InChI is InChI=1S/C19H25N3O2S/c1-13-9-15(21(3)4)10-17(20-13)18-12-22(7-8-24-18)19(23)11-16-6-5-14(2)25-16/h5-6,9-10,18H,7-8,11-12H2,1-4H3/t18-/m1/s1. The number of hydrogen-bond acceptors (Lipinski definition) is 5. The highest BCUT2D eigenvalue weighted by atomic mass is 32.1. The lowest BCUT2D eigenvalue weighted by Gasteiger charge is -2.33. The van der Waals surface area contributed by atoms with Crippen molar-refractivity contribution in [2.45, 2.75) is 26.4 Å². The third kappa shape index (κ3) is 4.38. The van der Waals surface area contributed by atoms with Gasteiger partial charge in [-0.05, 0) is 38.1 Å². The molecule has 0 N–H and O–H groups in total. The monoisotopic (exact) mass is 359 g/mol. The Bertz CT molecular complexity index is 757. The molecular weight excluding hydrogens is 334 g/mol. The minimum atomic E-state index is -0.165. The van der Waals surface area contributed by atoms with Crippen LogP contribution in [0.3, 0.4) is 0 Å². The first-order valence-electron chi connectivity index (χ1n) is 8.53. The van der Waals surface area contributed by atoms with E-state index in [1.807, 2.05) is 44.1 Å². The number of aryl methyl sites for hydroxylation is 2. The van der Waals surface area contributed by atoms with Crippen molar-refractivity contribution < 1.29 is 9.53 Å². The van der Waals surface area contributed by atoms with Gasteiger partial charge in [0, 0.05) is 41.8 Å². The molecule has 134 valence electrons. The first-order valence-corrected chi connectivity index (χ1v) is 9.34. The molecule has 5 nitrogen and oxygen atoms in total. The molecule has 1 aliphatic rings. The van der Waals surface area contributed by atoms with Crippen LogP contribution < -0.4 is 4.90 Å². The van der Waals surface area contributed by atoms with Crippen LogP contribution in [0.25, 0.3) is 0 Å². The fourth-order valence-electron chi connectivity index (χ4n) is 2.99. The maximum absolute atomic E-state index is 12.6. The number of amides is 1. The maximum Gasteiger partial charge on any atom is 0.228 e. The number of hydrogen-bond donors (Lipinski definition) is 0. The highest BCUT2D eigenvalue weighted by molar-refractivity contribution is 7.12. The molecule has 0 unspecified atom stereocenters. The normalized spacial score (nSPS) is 17.6. The third-order valence-corrected chi connectivity index (χ3v) is 5.35. The van der Waals surface area contributed by atoms with Crippen molar-refractivity contribution >= 4 is 22.9 Å². The zero-order valence-electron chi connectivity index (χ0n) is 15.3. The first kappa shape index (κ1) is 17.9. The zero-order chi connectivity index (χ0) is 18.0. The smallest absolute Gasteiger partial charge is 0.228 e. The van der Waals surface area contributed by atoms with Gasteiger partial charge in [0.2, 0.25) is 5.91 Å². The number of thiophene rings is 1. The summed E-state index contributed by atoms with van der Waals surface area (Å²) in [5.74, 6) is 0.163. The molecule has 6 heteroatoms. The number of pyridine rings is 1. The second-order valence-electron chi connectivity index (χ2n) is 6.67. The van der Waals surface area contributed by atoms with Gasteiger partial charge < -0.3 is 14.5 Å². The lowest BCUT2D eigenvalue weighted by molar-refractivity contribution is -0.138. The summed E-state index contributed by atoms with van der Waals surface area (Å²) in [6, 6.07) is 8.21. The van der Waals surface area contributed by atoms with Crippen LogP contribution in [0.5, 0.6) is 0 Å². The molecule has 1 atom stereocenters. The van der Waals surface area contributed by atoms with Crippen molar-refractivity contribution in [1.29, 1.82) is 0 Å². The number of rotatable bonds is 4. The molecule has 1 amide bonds. The summed E-state index contributed by atoms with van der Waals surface area (Å²) < 4.78 is 5.92. The summed E-state index contributed by atoms with van der Waals surface area (Å²) in [5.41, 5.74) is 2.96. The van der Waals surface area contributed by atoms with E-state index in [0.29, 0.717) is 26.1 Å². The predicted molar refractivity (Wildman–Crippen MR) is 101 cm³/mol. The Balaban J connectivity index is 1.71. The van der Waals surface area contributed by atoms with Crippen LogP contribution in [0.2, 0.25) is 0 Å². The van der Waals surface area contributed by atoms with Gasteiger partial charge in [0.15, 0.2) is 0 Å².